The van der Waals surface area contributed by atoms with Gasteiger partial charge < -0.3 is 9.47 Å². The minimum Gasteiger partial charge on any atom is -0.438 e. The Labute approximate surface area is 58.1 Å². The van der Waals surface area contributed by atoms with Crippen molar-refractivity contribution in [2.45, 2.75) is 18.9 Å². The highest BCUT2D eigenvalue weighted by Gasteiger charge is 2.30. The predicted octanol–water partition coefficient (Wildman–Crippen LogP) is 0.501. The Morgan fingerprint density at radius 2 is 2.20 bits per heavy atom. The zero-order valence-corrected chi connectivity index (χ0v) is 5.62. The number of hydrogen-bond acceptors (Lipinski definition) is 4. The molecule has 0 amide bonds. The maximum absolute atomic E-state index is 10.4. The molecule has 0 aromatic carbocycles. The van der Waals surface area contributed by atoms with E-state index in [4.69, 9.17) is 0 Å². The van der Waals surface area contributed by atoms with Crippen molar-refractivity contribution in [1.29, 1.82) is 0 Å². The molecule has 4 heteroatoms. The zero-order valence-electron chi connectivity index (χ0n) is 5.62. The van der Waals surface area contributed by atoms with Crippen molar-refractivity contribution < 1.29 is 19.1 Å². The summed E-state index contributed by atoms with van der Waals surface area (Å²) >= 11 is 0. The number of Topliss-reactive ketones (excluding diaryl/α,β-unsaturated/α-hetero) is 1. The monoisotopic (exact) mass is 144 g/mol. The Morgan fingerprint density at radius 3 is 2.60 bits per heavy atom. The van der Waals surface area contributed by atoms with Gasteiger partial charge in [0.1, 0.15) is 11.9 Å². The number of carbonyl (C=O) groups is 2. The van der Waals surface area contributed by atoms with Crippen LogP contribution >= 0.6 is 0 Å². The third kappa shape index (κ3) is 1.46. The molecule has 0 atom stereocenters. The zero-order chi connectivity index (χ0) is 7.56. The van der Waals surface area contributed by atoms with Gasteiger partial charge in [0.25, 0.3) is 0 Å². The molecule has 0 aromatic heterocycles. The first kappa shape index (κ1) is 7.05. The van der Waals surface area contributed by atoms with Gasteiger partial charge in [-0.15, -0.1) is 0 Å². The van der Waals surface area contributed by atoms with E-state index in [2.05, 4.69) is 9.47 Å². The first-order valence-electron chi connectivity index (χ1n) is 2.98. The Bertz CT molecular complexity index is 155. The molecule has 1 fully saturated rings. The molecule has 0 bridgehead atoms. The molecule has 10 heavy (non-hydrogen) atoms. The van der Waals surface area contributed by atoms with Crippen molar-refractivity contribution in [2.24, 2.45) is 0 Å². The maximum Gasteiger partial charge on any atom is 0.508 e. The Kier molecular flexibility index (Phi) is 1.89. The fraction of sp³-hybridized carbons (Fsp3) is 0.667. The number of ether oxygens (including phenoxy) is 2. The highest BCUT2D eigenvalue weighted by atomic mass is 16.7. The summed E-state index contributed by atoms with van der Waals surface area (Å²) in [6.07, 6.45) is -0.262. The fourth-order valence-corrected chi connectivity index (χ4v) is 0.716. The van der Waals surface area contributed by atoms with Crippen molar-refractivity contribution in [3.05, 3.63) is 0 Å². The highest BCUT2D eigenvalue weighted by Crippen LogP contribution is 2.18. The third-order valence-corrected chi connectivity index (χ3v) is 1.34. The first-order chi connectivity index (χ1) is 4.72. The van der Waals surface area contributed by atoms with Gasteiger partial charge in [-0.1, -0.05) is 0 Å². The van der Waals surface area contributed by atoms with E-state index in [0.717, 1.165) is 0 Å². The van der Waals surface area contributed by atoms with Crippen LogP contribution in [-0.4, -0.2) is 25.2 Å². The number of hydrogen-bond donors (Lipinski definition) is 0. The van der Waals surface area contributed by atoms with Crippen LogP contribution in [0, 0.1) is 0 Å². The number of rotatable bonds is 1. The molecule has 1 saturated carbocycles. The molecule has 4 nitrogen and oxygen atoms in total. The molecule has 1 aliphatic carbocycles. The molecule has 0 N–H and O–H groups in total. The second-order valence-electron chi connectivity index (χ2n) is 2.14. The van der Waals surface area contributed by atoms with Crippen LogP contribution in [0.2, 0.25) is 0 Å². The summed E-state index contributed by atoms with van der Waals surface area (Å²) in [4.78, 5) is 20.7. The average Bonchev–Trinajstić information content (AvgIpc) is 1.84. The van der Waals surface area contributed by atoms with Crippen LogP contribution in [0.15, 0.2) is 0 Å². The van der Waals surface area contributed by atoms with Gasteiger partial charge in [0.2, 0.25) is 0 Å². The van der Waals surface area contributed by atoms with E-state index >= 15 is 0 Å². The Balaban J connectivity index is 2.16. The van der Waals surface area contributed by atoms with Crippen molar-refractivity contribution in [2.75, 3.05) is 7.11 Å². The molecule has 0 heterocycles. The van der Waals surface area contributed by atoms with Crippen LogP contribution in [-0.2, 0) is 14.3 Å². The van der Waals surface area contributed by atoms with Gasteiger partial charge in [-0.05, 0) is 0 Å². The molecule has 0 unspecified atom stereocenters. The first-order valence-corrected chi connectivity index (χ1v) is 2.98. The largest absolute Gasteiger partial charge is 0.508 e. The van der Waals surface area contributed by atoms with E-state index < -0.39 is 6.16 Å². The molecule has 0 aromatic rings. The quantitative estimate of drug-likeness (QED) is 0.503. The summed E-state index contributed by atoms with van der Waals surface area (Å²) in [5.41, 5.74) is 0. The second kappa shape index (κ2) is 2.68. The van der Waals surface area contributed by atoms with Gasteiger partial charge in [0.15, 0.2) is 0 Å². The van der Waals surface area contributed by atoms with Gasteiger partial charge in [-0.2, -0.15) is 0 Å². The molecule has 0 radical (unpaired) electrons. The molecular formula is C6H8O4. The van der Waals surface area contributed by atoms with E-state index in [1.807, 2.05) is 0 Å². The topological polar surface area (TPSA) is 52.6 Å². The van der Waals surface area contributed by atoms with Crippen molar-refractivity contribution in [3.8, 4) is 0 Å². The van der Waals surface area contributed by atoms with Crippen molar-refractivity contribution in [1.82, 2.24) is 0 Å². The van der Waals surface area contributed by atoms with Crippen molar-refractivity contribution >= 4 is 11.9 Å². The second-order valence-corrected chi connectivity index (χ2v) is 2.14. The summed E-state index contributed by atoms with van der Waals surface area (Å²) < 4.78 is 8.84. The summed E-state index contributed by atoms with van der Waals surface area (Å²) in [5.74, 6) is 0.133. The summed E-state index contributed by atoms with van der Waals surface area (Å²) in [6, 6.07) is 0. The van der Waals surface area contributed by atoms with Crippen LogP contribution in [0.5, 0.6) is 0 Å². The standard InChI is InChI=1S/C6H8O4/c1-9-6(8)10-5-2-4(7)3-5/h5H,2-3H2,1H3. The molecule has 56 valence electrons. The van der Waals surface area contributed by atoms with Gasteiger partial charge in [-0.3, -0.25) is 4.79 Å². The fourth-order valence-electron chi connectivity index (χ4n) is 0.716. The van der Waals surface area contributed by atoms with E-state index in [0.29, 0.717) is 12.8 Å². The van der Waals surface area contributed by atoms with Crippen molar-refractivity contribution in [3.63, 3.8) is 0 Å². The number of methoxy groups -OCH3 is 1. The summed E-state index contributed by atoms with van der Waals surface area (Å²) in [7, 11) is 1.24. The lowest BCUT2D eigenvalue weighted by molar-refractivity contribution is -0.131. The van der Waals surface area contributed by atoms with Gasteiger partial charge in [0, 0.05) is 12.8 Å². The normalized spacial score (nSPS) is 17.9. The molecule has 0 saturated heterocycles. The average molecular weight is 144 g/mol. The van der Waals surface area contributed by atoms with Gasteiger partial charge in [-0.25, -0.2) is 4.79 Å². The van der Waals surface area contributed by atoms with Gasteiger partial charge >= 0.3 is 6.16 Å². The van der Waals surface area contributed by atoms with E-state index in [-0.39, 0.29) is 11.9 Å². The summed E-state index contributed by atoms with van der Waals surface area (Å²) in [6.45, 7) is 0. The van der Waals surface area contributed by atoms with E-state index in [9.17, 15) is 9.59 Å². The van der Waals surface area contributed by atoms with E-state index in [1.54, 1.807) is 0 Å². The lowest BCUT2D eigenvalue weighted by atomic mass is 9.94. The number of ketones is 1. The Hall–Kier alpha value is -1.06. The molecule has 1 rings (SSSR count). The lowest BCUT2D eigenvalue weighted by Gasteiger charge is -2.22. The maximum atomic E-state index is 10.4. The minimum absolute atomic E-state index is 0.133. The number of carbonyl (C=O) groups excluding carboxylic acids is 2. The van der Waals surface area contributed by atoms with Crippen LogP contribution in [0.25, 0.3) is 0 Å². The van der Waals surface area contributed by atoms with Crippen LogP contribution in [0.1, 0.15) is 12.8 Å². The molecule has 0 aliphatic heterocycles. The lowest BCUT2D eigenvalue weighted by Crippen LogP contribution is -2.33. The molecular weight excluding hydrogens is 136 g/mol. The van der Waals surface area contributed by atoms with E-state index in [1.165, 1.54) is 7.11 Å². The highest BCUT2D eigenvalue weighted by molar-refractivity contribution is 5.85. The summed E-state index contributed by atoms with van der Waals surface area (Å²) in [5, 5.41) is 0. The predicted molar refractivity (Wildman–Crippen MR) is 31.5 cm³/mol. The van der Waals surface area contributed by atoms with Gasteiger partial charge in [0.05, 0.1) is 7.11 Å². The van der Waals surface area contributed by atoms with Crippen LogP contribution < -0.4 is 0 Å². The minimum atomic E-state index is -0.711. The molecule has 0 spiro atoms. The van der Waals surface area contributed by atoms with Crippen LogP contribution in [0.3, 0.4) is 0 Å². The molecule has 1 aliphatic rings. The Morgan fingerprint density at radius 1 is 1.60 bits per heavy atom. The SMILES string of the molecule is COC(=O)OC1CC(=O)C1. The third-order valence-electron chi connectivity index (χ3n) is 1.34. The smallest absolute Gasteiger partial charge is 0.438 e. The van der Waals surface area contributed by atoms with Crippen LogP contribution in [0.4, 0.5) is 4.79 Å².